The van der Waals surface area contributed by atoms with Crippen molar-refractivity contribution in [3.05, 3.63) is 36.0 Å². The number of nitrogens with zero attached hydrogens (tertiary/aromatic N) is 1. The Morgan fingerprint density at radius 3 is 2.92 bits per heavy atom. The molecule has 0 aliphatic carbocycles. The summed E-state index contributed by atoms with van der Waals surface area (Å²) >= 11 is 0. The van der Waals surface area contributed by atoms with Crippen LogP contribution in [0.2, 0.25) is 0 Å². The smallest absolute Gasteiger partial charge is 0.131 e. The van der Waals surface area contributed by atoms with Gasteiger partial charge in [-0.05, 0) is 49.1 Å². The van der Waals surface area contributed by atoms with E-state index in [1.54, 1.807) is 4.90 Å². The molecule has 0 saturated carbocycles. The van der Waals surface area contributed by atoms with E-state index in [9.17, 15) is 5.11 Å². The van der Waals surface area contributed by atoms with E-state index in [2.05, 4.69) is 11.9 Å². The molecular formula is C21H29N2O2+. The number of benzene rings is 1. The number of aliphatic hydroxyl groups excluding tert-OH is 1. The summed E-state index contributed by atoms with van der Waals surface area (Å²) in [5.41, 5.74) is 1.93. The van der Waals surface area contributed by atoms with Crippen molar-refractivity contribution in [1.82, 2.24) is 4.98 Å². The lowest BCUT2D eigenvalue weighted by atomic mass is 9.72. The van der Waals surface area contributed by atoms with Gasteiger partial charge < -0.3 is 14.7 Å². The lowest BCUT2D eigenvalue weighted by Gasteiger charge is -2.48. The Hall–Kier alpha value is -1.65. The van der Waals surface area contributed by atoms with Crippen molar-refractivity contribution in [3.63, 3.8) is 0 Å². The van der Waals surface area contributed by atoms with Crippen LogP contribution < -0.4 is 9.64 Å². The van der Waals surface area contributed by atoms with Crippen molar-refractivity contribution in [2.75, 3.05) is 19.7 Å². The monoisotopic (exact) mass is 341 g/mol. The van der Waals surface area contributed by atoms with Crippen LogP contribution in [-0.4, -0.2) is 35.8 Å². The molecule has 2 aromatic rings. The Bertz CT molecular complexity index is 748. The molecule has 134 valence electrons. The maximum absolute atomic E-state index is 11.3. The van der Waals surface area contributed by atoms with Crippen LogP contribution in [0.25, 0.3) is 10.9 Å². The molecule has 4 nitrogen and oxygen atoms in total. The van der Waals surface area contributed by atoms with Gasteiger partial charge in [0.15, 0.2) is 0 Å². The molecule has 2 N–H and O–H groups in total. The van der Waals surface area contributed by atoms with Crippen molar-refractivity contribution in [2.24, 2.45) is 11.8 Å². The first-order valence-corrected chi connectivity index (χ1v) is 9.75. The zero-order chi connectivity index (χ0) is 17.4. The van der Waals surface area contributed by atoms with Crippen molar-refractivity contribution in [1.29, 1.82) is 0 Å². The molecule has 5 atom stereocenters. The van der Waals surface area contributed by atoms with Gasteiger partial charge in [-0.1, -0.05) is 6.92 Å². The molecule has 3 fully saturated rings. The van der Waals surface area contributed by atoms with Crippen molar-refractivity contribution < 1.29 is 14.7 Å². The zero-order valence-electron chi connectivity index (χ0n) is 15.2. The standard InChI is InChI=1S/C21H28N2O2/c1-3-14-13-23-10-8-15(14)11-20(23)21(24)17-7-9-22-19-6-5-16(25-4-2)12-18(17)19/h5-7,9,12,14-15,20-21,24H,3-4,8,10-11,13H2,1-2H3/p+1/t14-,15+,20+,21-/m1/s1. The summed E-state index contributed by atoms with van der Waals surface area (Å²) in [5.74, 6) is 2.47. The first-order chi connectivity index (χ1) is 12.2. The SMILES string of the molecule is CCOc1ccc2nccc([C@@H](O)[C@@H]3C[C@@H]4CC[NH+]3C[C@H]4CC)c2c1. The Morgan fingerprint density at radius 1 is 1.32 bits per heavy atom. The molecular weight excluding hydrogens is 312 g/mol. The molecule has 5 rings (SSSR count). The van der Waals surface area contributed by atoms with Crippen LogP contribution in [-0.2, 0) is 0 Å². The third-order valence-corrected chi connectivity index (χ3v) is 6.39. The molecule has 25 heavy (non-hydrogen) atoms. The number of piperidine rings is 3. The molecule has 1 aromatic carbocycles. The van der Waals surface area contributed by atoms with Crippen molar-refractivity contribution >= 4 is 10.9 Å². The third-order valence-electron chi connectivity index (χ3n) is 6.39. The number of rotatable bonds is 5. The second-order valence-electron chi connectivity index (χ2n) is 7.63. The zero-order valence-corrected chi connectivity index (χ0v) is 15.2. The highest BCUT2D eigenvalue weighted by atomic mass is 16.5. The van der Waals surface area contributed by atoms with Gasteiger partial charge in [-0.2, -0.15) is 0 Å². The maximum Gasteiger partial charge on any atom is 0.131 e. The Morgan fingerprint density at radius 2 is 2.20 bits per heavy atom. The van der Waals surface area contributed by atoms with Gasteiger partial charge in [0.05, 0.1) is 25.2 Å². The summed E-state index contributed by atoms with van der Waals surface area (Å²) in [5, 5.41) is 12.3. The molecule has 3 aliphatic rings. The lowest BCUT2D eigenvalue weighted by Crippen LogP contribution is -3.20. The maximum atomic E-state index is 11.3. The fourth-order valence-corrected chi connectivity index (χ4v) is 5.06. The second kappa shape index (κ2) is 6.93. The fourth-order valence-electron chi connectivity index (χ4n) is 5.06. The topological polar surface area (TPSA) is 46.8 Å². The number of hydrogen-bond donors (Lipinski definition) is 2. The van der Waals surface area contributed by atoms with Gasteiger partial charge in [0, 0.05) is 30.3 Å². The van der Waals surface area contributed by atoms with E-state index in [1.807, 2.05) is 37.4 Å². The number of ether oxygens (including phenoxy) is 1. The van der Waals surface area contributed by atoms with Crippen LogP contribution in [0.4, 0.5) is 0 Å². The average Bonchev–Trinajstić information content (AvgIpc) is 2.67. The first-order valence-electron chi connectivity index (χ1n) is 9.75. The van der Waals surface area contributed by atoms with Gasteiger partial charge in [0.1, 0.15) is 17.9 Å². The number of pyridine rings is 1. The molecule has 4 heterocycles. The largest absolute Gasteiger partial charge is 0.494 e. The van der Waals surface area contributed by atoms with Crippen LogP contribution in [0, 0.1) is 11.8 Å². The minimum atomic E-state index is -0.432. The lowest BCUT2D eigenvalue weighted by molar-refractivity contribution is -0.950. The summed E-state index contributed by atoms with van der Waals surface area (Å²) in [4.78, 5) is 6.06. The Balaban J connectivity index is 1.66. The molecule has 0 amide bonds. The van der Waals surface area contributed by atoms with E-state index in [1.165, 1.54) is 25.9 Å². The van der Waals surface area contributed by atoms with Gasteiger partial charge in [-0.15, -0.1) is 0 Å². The summed E-state index contributed by atoms with van der Waals surface area (Å²) in [6.07, 6.45) is 5.12. The molecule has 0 spiro atoms. The summed E-state index contributed by atoms with van der Waals surface area (Å²) in [6, 6.07) is 8.28. The highest BCUT2D eigenvalue weighted by Crippen LogP contribution is 2.35. The van der Waals surface area contributed by atoms with E-state index < -0.39 is 6.10 Å². The second-order valence-corrected chi connectivity index (χ2v) is 7.63. The van der Waals surface area contributed by atoms with Crippen molar-refractivity contribution in [2.45, 2.75) is 45.3 Å². The highest BCUT2D eigenvalue weighted by Gasteiger charge is 2.46. The number of hydrogen-bond acceptors (Lipinski definition) is 3. The van der Waals surface area contributed by atoms with Gasteiger partial charge in [-0.3, -0.25) is 4.98 Å². The minimum absolute atomic E-state index is 0.308. The molecule has 1 unspecified atom stereocenters. The fraction of sp³-hybridized carbons (Fsp3) is 0.571. The number of aliphatic hydroxyl groups is 1. The number of aromatic nitrogens is 1. The quantitative estimate of drug-likeness (QED) is 0.878. The summed E-state index contributed by atoms with van der Waals surface area (Å²) in [7, 11) is 0. The number of nitrogens with one attached hydrogen (secondary N) is 1. The van der Waals surface area contributed by atoms with Crippen LogP contribution in [0.1, 0.15) is 44.8 Å². The predicted octanol–water partition coefficient (Wildman–Crippen LogP) is 2.37. The van der Waals surface area contributed by atoms with Gasteiger partial charge in [-0.25, -0.2) is 0 Å². The van der Waals surface area contributed by atoms with Crippen LogP contribution in [0.15, 0.2) is 30.5 Å². The number of fused-ring (bicyclic) bond motifs is 4. The molecule has 2 bridgehead atoms. The van der Waals surface area contributed by atoms with Gasteiger partial charge >= 0.3 is 0 Å². The predicted molar refractivity (Wildman–Crippen MR) is 98.9 cm³/mol. The summed E-state index contributed by atoms with van der Waals surface area (Å²) < 4.78 is 5.66. The Kier molecular flexibility index (Phi) is 4.65. The highest BCUT2D eigenvalue weighted by molar-refractivity contribution is 5.83. The molecule has 0 radical (unpaired) electrons. The normalized spacial score (nSPS) is 29.7. The van der Waals surface area contributed by atoms with E-state index in [-0.39, 0.29) is 0 Å². The third kappa shape index (κ3) is 3.02. The van der Waals surface area contributed by atoms with Crippen molar-refractivity contribution in [3.8, 4) is 5.75 Å². The van der Waals surface area contributed by atoms with Gasteiger partial charge in [0.25, 0.3) is 0 Å². The van der Waals surface area contributed by atoms with Gasteiger partial charge in [0.2, 0.25) is 0 Å². The molecule has 3 saturated heterocycles. The molecule has 3 aliphatic heterocycles. The molecule has 1 aromatic heterocycles. The number of quaternary nitrogens is 1. The average molecular weight is 341 g/mol. The minimum Gasteiger partial charge on any atom is -0.494 e. The Labute approximate surface area is 149 Å². The van der Waals surface area contributed by atoms with E-state index >= 15 is 0 Å². The van der Waals surface area contributed by atoms with E-state index in [0.717, 1.165) is 40.5 Å². The van der Waals surface area contributed by atoms with E-state index in [0.29, 0.717) is 12.6 Å². The van der Waals surface area contributed by atoms with Crippen LogP contribution in [0.5, 0.6) is 5.75 Å². The van der Waals surface area contributed by atoms with Crippen LogP contribution >= 0.6 is 0 Å². The molecule has 4 heteroatoms. The summed E-state index contributed by atoms with van der Waals surface area (Å²) in [6.45, 7) is 7.36. The first kappa shape index (κ1) is 16.8. The van der Waals surface area contributed by atoms with E-state index in [4.69, 9.17) is 4.74 Å². The van der Waals surface area contributed by atoms with Crippen LogP contribution in [0.3, 0.4) is 0 Å².